The molecule has 41 heavy (non-hydrogen) atoms. The van der Waals surface area contributed by atoms with E-state index in [9.17, 15) is 21.6 Å². The quantitative estimate of drug-likeness (QED) is 0.189. The van der Waals surface area contributed by atoms with E-state index in [1.807, 2.05) is 0 Å². The van der Waals surface area contributed by atoms with Crippen molar-refractivity contribution in [1.82, 2.24) is 20.3 Å². The van der Waals surface area contributed by atoms with Crippen molar-refractivity contribution in [3.8, 4) is 22.9 Å². The summed E-state index contributed by atoms with van der Waals surface area (Å²) in [6, 6.07) is 12.8. The van der Waals surface area contributed by atoms with E-state index in [0.29, 0.717) is 18.2 Å². The first kappa shape index (κ1) is 28.2. The first-order valence-electron chi connectivity index (χ1n) is 12.5. The molecule has 0 amide bonds. The van der Waals surface area contributed by atoms with Gasteiger partial charge in [0.2, 0.25) is 27.7 Å². The Morgan fingerprint density at radius 1 is 0.976 bits per heavy atom. The minimum atomic E-state index is -4.28. The molecule has 0 bridgehead atoms. The predicted molar refractivity (Wildman–Crippen MR) is 144 cm³/mol. The Morgan fingerprint density at radius 2 is 1.78 bits per heavy atom. The normalized spacial score (nSPS) is 17.2. The van der Waals surface area contributed by atoms with Crippen LogP contribution < -0.4 is 20.1 Å². The Hall–Kier alpha value is -4.30. The van der Waals surface area contributed by atoms with E-state index in [4.69, 9.17) is 4.74 Å². The molecule has 1 saturated heterocycles. The van der Waals surface area contributed by atoms with Crippen molar-refractivity contribution >= 4 is 21.7 Å². The van der Waals surface area contributed by atoms with Crippen LogP contribution in [0.3, 0.4) is 0 Å². The van der Waals surface area contributed by atoms with Crippen molar-refractivity contribution in [1.29, 1.82) is 0 Å². The predicted octanol–water partition coefficient (Wildman–Crippen LogP) is 4.80. The van der Waals surface area contributed by atoms with Crippen LogP contribution in [-0.4, -0.2) is 48.7 Å². The van der Waals surface area contributed by atoms with Crippen LogP contribution >= 0.6 is 0 Å². The van der Waals surface area contributed by atoms with Crippen LogP contribution in [0.1, 0.15) is 12.0 Å². The van der Waals surface area contributed by atoms with Crippen LogP contribution in [0, 0.1) is 17.5 Å². The molecule has 0 aliphatic carbocycles. The zero-order valence-corrected chi connectivity index (χ0v) is 22.1. The second-order valence-electron chi connectivity index (χ2n) is 9.26. The van der Waals surface area contributed by atoms with Crippen molar-refractivity contribution in [2.75, 3.05) is 23.1 Å². The van der Waals surface area contributed by atoms with Gasteiger partial charge in [0.25, 0.3) is 0 Å². The number of piperidine rings is 1. The minimum Gasteiger partial charge on any atom is -0.435 e. The second-order valence-corrected chi connectivity index (χ2v) is 11.0. The molecule has 2 aromatic heterocycles. The molecule has 0 radical (unpaired) electrons. The number of pyridine rings is 1. The Kier molecular flexibility index (Phi) is 8.31. The number of halogens is 4. The van der Waals surface area contributed by atoms with E-state index in [0.717, 1.165) is 0 Å². The highest BCUT2D eigenvalue weighted by molar-refractivity contribution is 7.91. The molecule has 0 unspecified atom stereocenters. The maximum atomic E-state index is 15.0. The summed E-state index contributed by atoms with van der Waals surface area (Å²) in [5.74, 6) is -6.27. The second kappa shape index (κ2) is 12.1. The first-order valence-corrected chi connectivity index (χ1v) is 14.1. The number of rotatable bonds is 9. The van der Waals surface area contributed by atoms with Gasteiger partial charge in [-0.3, -0.25) is 4.72 Å². The van der Waals surface area contributed by atoms with Gasteiger partial charge in [-0.2, -0.15) is 4.39 Å². The van der Waals surface area contributed by atoms with Crippen molar-refractivity contribution in [3.63, 3.8) is 0 Å². The summed E-state index contributed by atoms with van der Waals surface area (Å²) < 4.78 is 90.8. The largest absolute Gasteiger partial charge is 0.435 e. The van der Waals surface area contributed by atoms with E-state index >= 15 is 4.39 Å². The van der Waals surface area contributed by atoms with Crippen LogP contribution in [0.25, 0.3) is 11.3 Å². The highest BCUT2D eigenvalue weighted by Gasteiger charge is 2.26. The summed E-state index contributed by atoms with van der Waals surface area (Å²) in [7, 11) is -4.28. The van der Waals surface area contributed by atoms with Gasteiger partial charge in [-0.25, -0.2) is 36.5 Å². The third-order valence-corrected chi connectivity index (χ3v) is 7.35. The van der Waals surface area contributed by atoms with Crippen molar-refractivity contribution in [3.05, 3.63) is 90.0 Å². The SMILES string of the molecule is O=S(=O)(Cc1ccccc1)Nc1c(F)cc(Oc2ncccc2-c2ccnc(N[C@@H]3CNC[C@@H](F)C3)n2)c(F)c1F. The van der Waals surface area contributed by atoms with Crippen LogP contribution in [0.2, 0.25) is 0 Å². The summed E-state index contributed by atoms with van der Waals surface area (Å²) in [5, 5.41) is 6.02. The van der Waals surface area contributed by atoms with Crippen LogP contribution in [-0.2, 0) is 15.8 Å². The van der Waals surface area contributed by atoms with Crippen molar-refractivity contribution < 1.29 is 30.7 Å². The molecule has 3 N–H and O–H groups in total. The molecule has 2 atom stereocenters. The van der Waals surface area contributed by atoms with Gasteiger partial charge in [0.15, 0.2) is 17.4 Å². The van der Waals surface area contributed by atoms with E-state index in [-0.39, 0.29) is 42.1 Å². The summed E-state index contributed by atoms with van der Waals surface area (Å²) in [6.07, 6.45) is 2.03. The topological polar surface area (TPSA) is 118 Å². The van der Waals surface area contributed by atoms with Crippen LogP contribution in [0.5, 0.6) is 11.6 Å². The number of benzene rings is 2. The molecular formula is C27H24F4N6O3S. The third-order valence-electron chi connectivity index (χ3n) is 6.12. The third kappa shape index (κ3) is 6.89. The lowest BCUT2D eigenvalue weighted by Crippen LogP contribution is -2.44. The Morgan fingerprint density at radius 3 is 2.56 bits per heavy atom. The lowest BCUT2D eigenvalue weighted by molar-refractivity contribution is 0.254. The summed E-state index contributed by atoms with van der Waals surface area (Å²) in [4.78, 5) is 12.6. The fourth-order valence-electron chi connectivity index (χ4n) is 4.26. The van der Waals surface area contributed by atoms with Gasteiger partial charge in [-0.15, -0.1) is 0 Å². The van der Waals surface area contributed by atoms with Crippen molar-refractivity contribution in [2.45, 2.75) is 24.4 Å². The summed E-state index contributed by atoms with van der Waals surface area (Å²) in [6.45, 7) is 0.790. The molecule has 4 aromatic rings. The molecule has 9 nitrogen and oxygen atoms in total. The van der Waals surface area contributed by atoms with E-state index in [1.54, 1.807) is 35.1 Å². The molecule has 5 rings (SSSR count). The molecule has 0 saturated carbocycles. The van der Waals surface area contributed by atoms with Gasteiger partial charge in [0.05, 0.1) is 17.0 Å². The van der Waals surface area contributed by atoms with Gasteiger partial charge in [-0.1, -0.05) is 30.3 Å². The Labute approximate surface area is 233 Å². The fourth-order valence-corrected chi connectivity index (χ4v) is 5.46. The van der Waals surface area contributed by atoms with Crippen LogP contribution in [0.15, 0.2) is 67.0 Å². The number of hydrogen-bond donors (Lipinski definition) is 3. The maximum absolute atomic E-state index is 15.0. The number of nitrogens with zero attached hydrogens (tertiary/aromatic N) is 3. The molecule has 14 heteroatoms. The highest BCUT2D eigenvalue weighted by atomic mass is 32.2. The average Bonchev–Trinajstić information content (AvgIpc) is 2.95. The molecular weight excluding hydrogens is 564 g/mol. The Bertz CT molecular complexity index is 1650. The van der Waals surface area contributed by atoms with Gasteiger partial charge in [0, 0.05) is 44.0 Å². The van der Waals surface area contributed by atoms with Gasteiger partial charge < -0.3 is 15.4 Å². The fraction of sp³-hybridized carbons (Fsp3) is 0.222. The number of alkyl halides is 1. The molecule has 214 valence electrons. The smallest absolute Gasteiger partial charge is 0.237 e. The zero-order valence-electron chi connectivity index (χ0n) is 21.3. The summed E-state index contributed by atoms with van der Waals surface area (Å²) in [5.41, 5.74) is -0.269. The minimum absolute atomic E-state index is 0.202. The lowest BCUT2D eigenvalue weighted by atomic mass is 10.1. The number of sulfonamides is 1. The zero-order chi connectivity index (χ0) is 29.0. The van der Waals surface area contributed by atoms with E-state index < -0.39 is 50.8 Å². The number of hydrogen-bond acceptors (Lipinski definition) is 8. The Balaban J connectivity index is 1.38. The number of nitrogens with one attached hydrogen (secondary N) is 3. The summed E-state index contributed by atoms with van der Waals surface area (Å²) >= 11 is 0. The molecule has 2 aromatic carbocycles. The van der Waals surface area contributed by atoms with Gasteiger partial charge in [-0.05, 0) is 23.8 Å². The molecule has 1 aliphatic heterocycles. The molecule has 0 spiro atoms. The number of aromatic nitrogens is 3. The molecule has 1 aliphatic rings. The first-order chi connectivity index (χ1) is 19.7. The van der Waals surface area contributed by atoms with Crippen LogP contribution in [0.4, 0.5) is 29.2 Å². The standard InChI is InChI=1S/C27H24F4N6O3S/c28-17-11-18(14-32-13-17)35-27-34-10-8-21(36-27)19-7-4-9-33-26(19)40-22-12-20(29)25(24(31)23(22)30)37-41(38,39)15-16-5-2-1-3-6-16/h1-10,12,17-18,32,37H,11,13-15H2,(H,34,35,36)/t17-,18-/m0/s1. The van der Waals surface area contributed by atoms with Gasteiger partial charge in [0.1, 0.15) is 11.9 Å². The molecule has 3 heterocycles. The number of anilines is 2. The maximum Gasteiger partial charge on any atom is 0.237 e. The monoisotopic (exact) mass is 588 g/mol. The van der Waals surface area contributed by atoms with E-state index in [1.165, 1.54) is 30.6 Å². The molecule has 1 fully saturated rings. The van der Waals surface area contributed by atoms with Gasteiger partial charge >= 0.3 is 0 Å². The lowest BCUT2D eigenvalue weighted by Gasteiger charge is -2.26. The number of ether oxygens (including phenoxy) is 1. The highest BCUT2D eigenvalue weighted by Crippen LogP contribution is 2.36. The van der Waals surface area contributed by atoms with Crippen molar-refractivity contribution in [2.24, 2.45) is 0 Å². The average molecular weight is 589 g/mol. The van der Waals surface area contributed by atoms with E-state index in [2.05, 4.69) is 25.6 Å².